The molecule has 0 saturated carbocycles. The monoisotopic (exact) mass is 382 g/mol. The molecule has 5 unspecified atom stereocenters. The van der Waals surface area contributed by atoms with Crippen LogP contribution in [0, 0.1) is 0 Å². The summed E-state index contributed by atoms with van der Waals surface area (Å²) in [6, 6.07) is 0. The second kappa shape index (κ2) is 6.86. The summed E-state index contributed by atoms with van der Waals surface area (Å²) >= 11 is 0. The first-order valence-electron chi connectivity index (χ1n) is 4.03. The average Bonchev–Trinajstić information content (AvgIpc) is 2.26. The van der Waals surface area contributed by atoms with Gasteiger partial charge in [-0.05, 0) is 0 Å². The lowest BCUT2D eigenvalue weighted by Gasteiger charge is -2.06. The van der Waals surface area contributed by atoms with Crippen molar-refractivity contribution in [3.8, 4) is 0 Å². The Hall–Kier alpha value is 0.330. The molecule has 5 atom stereocenters. The first-order valence-corrected chi connectivity index (χ1v) is 10.4. The molecule has 0 radical (unpaired) electrons. The largest absolute Gasteiger partial charge is 0.677 e. The van der Waals surface area contributed by atoms with Gasteiger partial charge >= 0.3 is 40.0 Å². The van der Waals surface area contributed by atoms with Gasteiger partial charge in [0.05, 0.1) is 21.6 Å². The van der Waals surface area contributed by atoms with Crippen LogP contribution in [0.25, 0.3) is 0 Å². The van der Waals surface area contributed by atoms with Crippen molar-refractivity contribution in [2.24, 2.45) is 22.6 Å². The predicted octanol–water partition coefficient (Wildman–Crippen LogP) is 7.52. The predicted molar refractivity (Wildman–Crippen MR) is 66.3 cm³/mol. The summed E-state index contributed by atoms with van der Waals surface area (Å²) in [7, 11) is -18.2. The van der Waals surface area contributed by atoms with Crippen molar-refractivity contribution in [2.75, 3.05) is 14.2 Å². The fraction of sp³-hybridized carbons (Fsp3) is 1.00. The lowest BCUT2D eigenvalue weighted by Crippen LogP contribution is -1.77. The number of rotatable bonds is 2. The fourth-order valence-electron chi connectivity index (χ4n) is 0.675. The van der Waals surface area contributed by atoms with E-state index in [0.717, 1.165) is 14.2 Å². The van der Waals surface area contributed by atoms with Gasteiger partial charge in [0.25, 0.3) is 0 Å². The van der Waals surface area contributed by atoms with E-state index in [0.29, 0.717) is 0 Å². The highest BCUT2D eigenvalue weighted by Crippen LogP contribution is 2.72. The molecule has 0 bridgehead atoms. The Morgan fingerprint density at radius 1 is 0.842 bits per heavy atom. The molecule has 0 N–H and O–H groups in total. The van der Waals surface area contributed by atoms with Crippen LogP contribution in [0.2, 0.25) is 0 Å². The summed E-state index contributed by atoms with van der Waals surface area (Å²) in [6.45, 7) is 0. The molecular formula is C2H6F5N5O2P5+3. The molecule has 17 heteroatoms. The maximum atomic E-state index is 13.9. The third-order valence-corrected chi connectivity index (χ3v) is 9.35. The molecule has 1 rings (SSSR count). The zero-order valence-electron chi connectivity index (χ0n) is 9.18. The van der Waals surface area contributed by atoms with E-state index in [1.54, 1.807) is 0 Å². The van der Waals surface area contributed by atoms with E-state index in [-0.39, 0.29) is 0 Å². The van der Waals surface area contributed by atoms with Gasteiger partial charge in [-0.1, -0.05) is 0 Å². The van der Waals surface area contributed by atoms with Crippen LogP contribution >= 0.6 is 40.0 Å². The van der Waals surface area contributed by atoms with Crippen LogP contribution < -0.4 is 0 Å². The van der Waals surface area contributed by atoms with Crippen LogP contribution in [0.15, 0.2) is 22.6 Å². The lowest BCUT2D eigenvalue weighted by atomic mass is 11.8. The summed E-state index contributed by atoms with van der Waals surface area (Å²) in [4.78, 5) is 0. The van der Waals surface area contributed by atoms with Gasteiger partial charge in [0.1, 0.15) is 0 Å². The van der Waals surface area contributed by atoms with E-state index in [9.17, 15) is 21.0 Å². The second-order valence-corrected chi connectivity index (χ2v) is 10.1. The number of nitrogens with zero attached hydrogens (tertiary/aromatic N) is 5. The molecule has 1 heterocycles. The quantitative estimate of drug-likeness (QED) is 0.366. The van der Waals surface area contributed by atoms with Crippen LogP contribution in [-0.2, 0) is 9.05 Å². The van der Waals surface area contributed by atoms with E-state index in [1.807, 2.05) is 0 Å². The van der Waals surface area contributed by atoms with Crippen LogP contribution in [-0.4, -0.2) is 14.2 Å². The third kappa shape index (κ3) is 5.31. The molecule has 0 saturated heterocycles. The molecule has 0 fully saturated rings. The summed E-state index contributed by atoms with van der Waals surface area (Å²) in [5, 5.41) is 0. The first-order chi connectivity index (χ1) is 8.72. The van der Waals surface area contributed by atoms with Crippen LogP contribution in [0.3, 0.4) is 0 Å². The smallest absolute Gasteiger partial charge is 0.304 e. The van der Waals surface area contributed by atoms with E-state index in [2.05, 4.69) is 31.6 Å². The highest BCUT2D eigenvalue weighted by atomic mass is 31.3. The zero-order valence-corrected chi connectivity index (χ0v) is 13.7. The van der Waals surface area contributed by atoms with Crippen LogP contribution in [0.5, 0.6) is 0 Å². The van der Waals surface area contributed by atoms with Gasteiger partial charge in [-0.2, -0.15) is 8.39 Å². The molecule has 0 aromatic rings. The maximum Gasteiger partial charge on any atom is 0.677 e. The van der Waals surface area contributed by atoms with Gasteiger partial charge in [-0.25, -0.2) is 0 Å². The van der Waals surface area contributed by atoms with Crippen molar-refractivity contribution in [1.29, 1.82) is 0 Å². The summed E-state index contributed by atoms with van der Waals surface area (Å²) in [6.07, 6.45) is 0. The second-order valence-electron chi connectivity index (χ2n) is 2.48. The Balaban J connectivity index is 3.65. The summed E-state index contributed by atoms with van der Waals surface area (Å²) in [5.74, 6) is 0. The van der Waals surface area contributed by atoms with Gasteiger partial charge in [0, 0.05) is 14.2 Å². The molecule has 19 heavy (non-hydrogen) atoms. The van der Waals surface area contributed by atoms with Crippen molar-refractivity contribution in [2.45, 2.75) is 0 Å². The number of hydrogen-bond acceptors (Lipinski definition) is 7. The molecule has 0 spiro atoms. The number of hydrogen-bond donors (Lipinski definition) is 0. The van der Waals surface area contributed by atoms with E-state index in [1.165, 1.54) is 0 Å². The normalized spacial score (nSPS) is 38.2. The van der Waals surface area contributed by atoms with Crippen LogP contribution in [0.1, 0.15) is 0 Å². The Bertz CT molecular complexity index is 563. The molecule has 1 aliphatic rings. The molecule has 0 aromatic carbocycles. The lowest BCUT2D eigenvalue weighted by molar-refractivity contribution is 0.408. The molecular weight excluding hydrogens is 376 g/mol. The third-order valence-electron chi connectivity index (χ3n) is 1.35. The minimum absolute atomic E-state index is 0.747. The molecule has 108 valence electrons. The molecule has 0 aromatic heterocycles. The maximum absolute atomic E-state index is 13.9. The molecule has 0 aliphatic carbocycles. The Kier molecular flexibility index (Phi) is 6.27. The molecule has 7 nitrogen and oxygen atoms in total. The number of halogens is 5. The van der Waals surface area contributed by atoms with E-state index in [4.69, 9.17) is 0 Å². The van der Waals surface area contributed by atoms with Gasteiger partial charge in [-0.3, -0.25) is 0 Å². The van der Waals surface area contributed by atoms with Crippen LogP contribution in [0.4, 0.5) is 21.0 Å². The molecule has 0 amide bonds. The van der Waals surface area contributed by atoms with Crippen molar-refractivity contribution < 1.29 is 30.0 Å². The average molecular weight is 382 g/mol. The Labute approximate surface area is 107 Å². The fourth-order valence-corrected chi connectivity index (χ4v) is 7.69. The van der Waals surface area contributed by atoms with Crippen molar-refractivity contribution in [1.82, 2.24) is 0 Å². The minimum atomic E-state index is -4.80. The zero-order chi connectivity index (χ0) is 14.7. The topological polar surface area (TPSA) is 80.3 Å². The highest BCUT2D eigenvalue weighted by molar-refractivity contribution is 7.72. The minimum Gasteiger partial charge on any atom is -0.304 e. The van der Waals surface area contributed by atoms with Gasteiger partial charge in [0.2, 0.25) is 9.03 Å². The highest BCUT2D eigenvalue weighted by Gasteiger charge is 2.43. The standard InChI is InChI=1S/C2H6F5N5O2P5/c1-13-18(6)10-16(4)8-15(3)9-17(5)11-19(7,12-18)14-2/h1-2H3/q+3. The summed E-state index contributed by atoms with van der Waals surface area (Å²) in [5.41, 5.74) is 0. The summed E-state index contributed by atoms with van der Waals surface area (Å²) < 4.78 is 89.1. The molecule has 1 aliphatic heterocycles. The Morgan fingerprint density at radius 2 is 1.37 bits per heavy atom. The van der Waals surface area contributed by atoms with Gasteiger partial charge in [0.15, 0.2) is 0 Å². The first kappa shape index (κ1) is 17.4. The Morgan fingerprint density at radius 3 is 1.89 bits per heavy atom. The van der Waals surface area contributed by atoms with Crippen molar-refractivity contribution in [3.63, 3.8) is 0 Å². The van der Waals surface area contributed by atoms with Crippen molar-refractivity contribution in [3.05, 3.63) is 0 Å². The van der Waals surface area contributed by atoms with Gasteiger partial charge in [-0.15, -0.1) is 4.52 Å². The van der Waals surface area contributed by atoms with E-state index >= 15 is 0 Å². The SMILES string of the molecule is COP1(F)=N[P+](F)=N[P+](F)=N[P+](F)=NP(F)(OC)=N1. The van der Waals surface area contributed by atoms with Gasteiger partial charge < -0.3 is 9.05 Å². The van der Waals surface area contributed by atoms with Crippen molar-refractivity contribution >= 4 is 40.0 Å². The van der Waals surface area contributed by atoms with E-state index < -0.39 is 40.0 Å².